The predicted octanol–water partition coefficient (Wildman–Crippen LogP) is 3.33. The number of nitrogens with zero attached hydrogens (tertiary/aromatic N) is 4. The number of aryl methyl sites for hydroxylation is 1. The lowest BCUT2D eigenvalue weighted by atomic mass is 9.38. The lowest BCUT2D eigenvalue weighted by molar-refractivity contribution is -0.166. The van der Waals surface area contributed by atoms with E-state index in [-0.39, 0.29) is 34.2 Å². The number of rotatable bonds is 7. The van der Waals surface area contributed by atoms with Crippen molar-refractivity contribution in [1.29, 1.82) is 0 Å². The number of hydrogen-bond donors (Lipinski definition) is 1. The Bertz CT molecular complexity index is 1140. The summed E-state index contributed by atoms with van der Waals surface area (Å²) in [6.45, 7) is -0.161. The van der Waals surface area contributed by atoms with Crippen LogP contribution in [0.1, 0.15) is 25.1 Å². The minimum absolute atomic E-state index is 0.0194. The van der Waals surface area contributed by atoms with Gasteiger partial charge in [0.05, 0.1) is 16.9 Å². The van der Waals surface area contributed by atoms with Gasteiger partial charge >= 0.3 is 0 Å². The molecule has 3 fully saturated rings. The molecule has 0 spiro atoms. The number of benzene rings is 1. The molecule has 0 aliphatic heterocycles. The highest BCUT2D eigenvalue weighted by Gasteiger charge is 2.68. The average Bonchev–Trinajstić information content (AvgIpc) is 3.13. The van der Waals surface area contributed by atoms with Gasteiger partial charge in [-0.05, 0) is 42.9 Å². The zero-order valence-corrected chi connectivity index (χ0v) is 17.7. The molecule has 3 aliphatic rings. The van der Waals surface area contributed by atoms with Gasteiger partial charge in [0.2, 0.25) is 0 Å². The summed E-state index contributed by atoms with van der Waals surface area (Å²) in [5, 5.41) is 7.28. The van der Waals surface area contributed by atoms with Crippen LogP contribution in [0.5, 0.6) is 5.75 Å². The monoisotopic (exact) mass is 441 g/mol. The predicted molar refractivity (Wildman–Crippen MR) is 112 cm³/mol. The number of halogens is 2. The van der Waals surface area contributed by atoms with Crippen molar-refractivity contribution >= 4 is 17.5 Å². The van der Waals surface area contributed by atoms with E-state index in [9.17, 15) is 9.18 Å². The Balaban J connectivity index is 1.13. The van der Waals surface area contributed by atoms with Crippen LogP contribution in [0.25, 0.3) is 11.3 Å². The molecule has 0 unspecified atom stereocenters. The standard InChI is InChI=1S/C22H21ClFN5O2/c1-29-9-14(8-26-29)18-4-5-25-19(27-18)7-21-11-22(12-21,13-21)28-20(30)10-31-15-2-3-16(23)17(24)6-15/h2-6,8-9H,7,10-13H2,1H3,(H,28,30). The third-order valence-corrected chi connectivity index (χ3v) is 6.35. The van der Waals surface area contributed by atoms with E-state index in [0.29, 0.717) is 0 Å². The largest absolute Gasteiger partial charge is 0.484 e. The molecule has 3 aromatic rings. The van der Waals surface area contributed by atoms with Crippen molar-refractivity contribution in [3.63, 3.8) is 0 Å². The van der Waals surface area contributed by atoms with Gasteiger partial charge in [0, 0.05) is 43.0 Å². The Morgan fingerprint density at radius 2 is 2.13 bits per heavy atom. The maximum Gasteiger partial charge on any atom is 0.258 e. The zero-order chi connectivity index (χ0) is 21.6. The Labute approximate surface area is 183 Å². The fourth-order valence-corrected chi connectivity index (χ4v) is 5.02. The van der Waals surface area contributed by atoms with Gasteiger partial charge in [0.25, 0.3) is 5.91 Å². The molecule has 0 radical (unpaired) electrons. The minimum Gasteiger partial charge on any atom is -0.484 e. The first-order valence-electron chi connectivity index (χ1n) is 10.0. The van der Waals surface area contributed by atoms with Crippen molar-refractivity contribution in [3.8, 4) is 17.0 Å². The van der Waals surface area contributed by atoms with Gasteiger partial charge in [-0.25, -0.2) is 14.4 Å². The van der Waals surface area contributed by atoms with Crippen LogP contribution in [-0.2, 0) is 18.3 Å². The minimum atomic E-state index is -0.573. The second-order valence-electron chi connectivity index (χ2n) is 8.66. The molecule has 31 heavy (non-hydrogen) atoms. The number of nitrogens with one attached hydrogen (secondary N) is 1. The fraction of sp³-hybridized carbons (Fsp3) is 0.364. The topological polar surface area (TPSA) is 81.9 Å². The summed E-state index contributed by atoms with van der Waals surface area (Å²) in [4.78, 5) is 21.4. The van der Waals surface area contributed by atoms with Gasteiger partial charge < -0.3 is 10.1 Å². The molecule has 1 amide bonds. The smallest absolute Gasteiger partial charge is 0.258 e. The molecular formula is C22H21ClFN5O2. The number of amides is 1. The zero-order valence-electron chi connectivity index (χ0n) is 16.9. The molecule has 2 aromatic heterocycles. The Hall–Kier alpha value is -3.00. The Kier molecular flexibility index (Phi) is 4.69. The first kappa shape index (κ1) is 19.9. The second kappa shape index (κ2) is 7.30. The maximum atomic E-state index is 13.5. The third-order valence-electron chi connectivity index (χ3n) is 6.04. The highest BCUT2D eigenvalue weighted by Crippen LogP contribution is 2.68. The molecule has 7 nitrogen and oxygen atoms in total. The van der Waals surface area contributed by atoms with Gasteiger partial charge in [-0.3, -0.25) is 9.48 Å². The molecule has 1 aromatic carbocycles. The van der Waals surface area contributed by atoms with Crippen molar-refractivity contribution in [3.05, 3.63) is 59.5 Å². The molecular weight excluding hydrogens is 421 g/mol. The van der Waals surface area contributed by atoms with Gasteiger partial charge in [0.1, 0.15) is 17.4 Å². The van der Waals surface area contributed by atoms with Crippen LogP contribution < -0.4 is 10.1 Å². The number of carbonyl (C=O) groups excluding carboxylic acids is 1. The van der Waals surface area contributed by atoms with Crippen LogP contribution in [-0.4, -0.2) is 37.8 Å². The highest BCUT2D eigenvalue weighted by atomic mass is 35.5. The number of hydrogen-bond acceptors (Lipinski definition) is 5. The SMILES string of the molecule is Cn1cc(-c2ccnc(CC34CC(NC(=O)COc5ccc(Cl)c(F)c5)(C3)C4)n2)cn1. The van der Waals surface area contributed by atoms with E-state index < -0.39 is 5.82 Å². The molecule has 160 valence electrons. The van der Waals surface area contributed by atoms with Crippen LogP contribution in [0.2, 0.25) is 5.02 Å². The highest BCUT2D eigenvalue weighted by molar-refractivity contribution is 6.30. The van der Waals surface area contributed by atoms with E-state index in [2.05, 4.69) is 15.4 Å². The molecule has 3 aliphatic carbocycles. The van der Waals surface area contributed by atoms with Gasteiger partial charge in [-0.1, -0.05) is 11.6 Å². The van der Waals surface area contributed by atoms with E-state index in [1.54, 1.807) is 17.1 Å². The summed E-state index contributed by atoms with van der Waals surface area (Å²) in [6, 6.07) is 6.00. The van der Waals surface area contributed by atoms with E-state index in [4.69, 9.17) is 21.3 Å². The van der Waals surface area contributed by atoms with Gasteiger partial charge in [0.15, 0.2) is 6.61 Å². The Morgan fingerprint density at radius 3 is 2.84 bits per heavy atom. The molecule has 2 heterocycles. The van der Waals surface area contributed by atoms with Crippen molar-refractivity contribution in [2.45, 2.75) is 31.2 Å². The maximum absolute atomic E-state index is 13.5. The van der Waals surface area contributed by atoms with Crippen molar-refractivity contribution in [2.75, 3.05) is 6.61 Å². The first-order chi connectivity index (χ1) is 14.8. The first-order valence-corrected chi connectivity index (χ1v) is 10.4. The normalized spacial score (nSPS) is 23.6. The summed E-state index contributed by atoms with van der Waals surface area (Å²) in [7, 11) is 1.87. The van der Waals surface area contributed by atoms with E-state index in [0.717, 1.165) is 42.8 Å². The van der Waals surface area contributed by atoms with Crippen LogP contribution >= 0.6 is 11.6 Å². The Morgan fingerprint density at radius 1 is 1.32 bits per heavy atom. The van der Waals surface area contributed by atoms with Crippen molar-refractivity contribution in [1.82, 2.24) is 25.1 Å². The summed E-state index contributed by atoms with van der Waals surface area (Å²) in [5.41, 5.74) is 1.82. The van der Waals surface area contributed by atoms with Crippen molar-refractivity contribution in [2.24, 2.45) is 12.5 Å². The number of aromatic nitrogens is 4. The summed E-state index contributed by atoms with van der Waals surface area (Å²) >= 11 is 5.65. The van der Waals surface area contributed by atoms with Crippen LogP contribution in [0.4, 0.5) is 4.39 Å². The van der Waals surface area contributed by atoms with E-state index in [1.807, 2.05) is 19.3 Å². The second-order valence-corrected chi connectivity index (χ2v) is 9.07. The van der Waals surface area contributed by atoms with E-state index in [1.165, 1.54) is 18.2 Å². The molecule has 0 atom stereocenters. The molecule has 1 N–H and O–H groups in total. The van der Waals surface area contributed by atoms with Crippen LogP contribution in [0, 0.1) is 11.2 Å². The lowest BCUT2D eigenvalue weighted by Gasteiger charge is -2.70. The summed E-state index contributed by atoms with van der Waals surface area (Å²) in [5.74, 6) is 0.306. The number of ether oxygens (including phenoxy) is 1. The van der Waals surface area contributed by atoms with E-state index >= 15 is 0 Å². The third kappa shape index (κ3) is 3.87. The van der Waals surface area contributed by atoms with Gasteiger partial charge in [-0.2, -0.15) is 5.10 Å². The fourth-order valence-electron chi connectivity index (χ4n) is 4.90. The average molecular weight is 442 g/mol. The summed E-state index contributed by atoms with van der Waals surface area (Å²) < 4.78 is 20.6. The quantitative estimate of drug-likeness (QED) is 0.608. The molecule has 2 bridgehead atoms. The van der Waals surface area contributed by atoms with Gasteiger partial charge in [-0.15, -0.1) is 0 Å². The van der Waals surface area contributed by atoms with Crippen LogP contribution in [0.15, 0.2) is 42.9 Å². The summed E-state index contributed by atoms with van der Waals surface area (Å²) in [6.07, 6.45) is 9.01. The van der Waals surface area contributed by atoms with Crippen LogP contribution in [0.3, 0.4) is 0 Å². The molecule has 9 heteroatoms. The molecule has 0 saturated heterocycles. The lowest BCUT2D eigenvalue weighted by Crippen LogP contribution is -2.75. The molecule has 3 saturated carbocycles. The number of carbonyl (C=O) groups is 1. The van der Waals surface area contributed by atoms with Crippen molar-refractivity contribution < 1.29 is 13.9 Å². The molecule has 6 rings (SSSR count).